The predicted molar refractivity (Wildman–Crippen MR) is 88.5 cm³/mol. The molecule has 0 aliphatic rings. The molecule has 0 atom stereocenters. The Morgan fingerprint density at radius 1 is 1.29 bits per heavy atom. The van der Waals surface area contributed by atoms with Crippen LogP contribution in [-0.2, 0) is 0 Å². The number of aromatic amines is 1. The minimum atomic E-state index is 0.516. The molecule has 2 aromatic carbocycles. The molecule has 0 aliphatic carbocycles. The Hall–Kier alpha value is -2.38. The first kappa shape index (κ1) is 13.6. The molecule has 102 valence electrons. The van der Waals surface area contributed by atoms with Crippen LogP contribution in [0.3, 0.4) is 0 Å². The number of hydrogen-bond acceptors (Lipinski definition) is 2. The smallest absolute Gasteiger partial charge is 0.149 e. The number of nitriles is 1. The highest BCUT2D eigenvalue weighted by molar-refractivity contribution is 9.10. The third kappa shape index (κ3) is 2.74. The van der Waals surface area contributed by atoms with E-state index in [-0.39, 0.29) is 0 Å². The summed E-state index contributed by atoms with van der Waals surface area (Å²) in [6.07, 6.45) is 1.84. The first-order valence-corrected chi connectivity index (χ1v) is 7.30. The molecule has 0 aliphatic heterocycles. The van der Waals surface area contributed by atoms with Crippen LogP contribution in [0, 0.1) is 18.3 Å². The molecule has 0 spiro atoms. The lowest BCUT2D eigenvalue weighted by Gasteiger charge is -2.00. The number of imidazole rings is 1. The van der Waals surface area contributed by atoms with Crippen molar-refractivity contribution in [3.05, 3.63) is 63.9 Å². The monoisotopic (exact) mass is 337 g/mol. The van der Waals surface area contributed by atoms with Gasteiger partial charge in [0, 0.05) is 4.47 Å². The Labute approximate surface area is 131 Å². The Bertz CT molecular complexity index is 851. The minimum absolute atomic E-state index is 0.516. The van der Waals surface area contributed by atoms with Gasteiger partial charge in [-0.05, 0) is 42.3 Å². The molecule has 0 saturated carbocycles. The molecule has 0 radical (unpaired) electrons. The second-order valence-electron chi connectivity index (χ2n) is 4.78. The number of benzene rings is 2. The van der Waals surface area contributed by atoms with Gasteiger partial charge in [-0.3, -0.25) is 0 Å². The fourth-order valence-corrected chi connectivity index (χ4v) is 2.50. The van der Waals surface area contributed by atoms with Crippen molar-refractivity contribution >= 4 is 38.6 Å². The lowest BCUT2D eigenvalue weighted by atomic mass is 10.1. The summed E-state index contributed by atoms with van der Waals surface area (Å²) in [5.74, 6) is 0.593. The quantitative estimate of drug-likeness (QED) is 0.689. The summed E-state index contributed by atoms with van der Waals surface area (Å²) in [6, 6.07) is 16.0. The zero-order valence-corrected chi connectivity index (χ0v) is 13.0. The highest BCUT2D eigenvalue weighted by Crippen LogP contribution is 2.22. The van der Waals surface area contributed by atoms with Crippen molar-refractivity contribution in [3.63, 3.8) is 0 Å². The molecule has 1 N–H and O–H groups in total. The van der Waals surface area contributed by atoms with E-state index in [1.54, 1.807) is 0 Å². The SMILES string of the molecule is Cc1ccc(/C=C(/C#N)c2nc3ccccc3[nH]2)cc1Br. The summed E-state index contributed by atoms with van der Waals surface area (Å²) in [5, 5.41) is 9.40. The van der Waals surface area contributed by atoms with E-state index in [1.165, 1.54) is 0 Å². The lowest BCUT2D eigenvalue weighted by Crippen LogP contribution is -1.85. The maximum Gasteiger partial charge on any atom is 0.149 e. The molecule has 3 nitrogen and oxygen atoms in total. The van der Waals surface area contributed by atoms with Gasteiger partial charge in [-0.15, -0.1) is 0 Å². The number of aryl methyl sites for hydroxylation is 1. The zero-order chi connectivity index (χ0) is 14.8. The van der Waals surface area contributed by atoms with Crippen molar-refractivity contribution in [2.24, 2.45) is 0 Å². The number of aromatic nitrogens is 2. The normalized spacial score (nSPS) is 11.6. The molecule has 0 saturated heterocycles. The molecular formula is C17H12BrN3. The maximum absolute atomic E-state index is 9.40. The molecule has 1 aromatic heterocycles. The van der Waals surface area contributed by atoms with Crippen molar-refractivity contribution in [3.8, 4) is 6.07 Å². The van der Waals surface area contributed by atoms with Gasteiger partial charge < -0.3 is 4.98 Å². The number of rotatable bonds is 2. The van der Waals surface area contributed by atoms with Crippen LogP contribution in [0.4, 0.5) is 0 Å². The molecule has 1 heterocycles. The average molecular weight is 338 g/mol. The van der Waals surface area contributed by atoms with E-state index >= 15 is 0 Å². The number of hydrogen-bond donors (Lipinski definition) is 1. The van der Waals surface area contributed by atoms with E-state index in [2.05, 4.69) is 32.0 Å². The number of nitrogens with one attached hydrogen (secondary N) is 1. The summed E-state index contributed by atoms with van der Waals surface area (Å²) in [4.78, 5) is 7.64. The van der Waals surface area contributed by atoms with Gasteiger partial charge in [-0.1, -0.05) is 40.2 Å². The van der Waals surface area contributed by atoms with E-state index in [1.807, 2.05) is 55.5 Å². The van der Waals surface area contributed by atoms with E-state index < -0.39 is 0 Å². The number of para-hydroxylation sites is 2. The van der Waals surface area contributed by atoms with Gasteiger partial charge in [0.15, 0.2) is 0 Å². The number of halogens is 1. The molecular weight excluding hydrogens is 326 g/mol. The molecule has 0 bridgehead atoms. The van der Waals surface area contributed by atoms with Crippen molar-refractivity contribution in [2.45, 2.75) is 6.92 Å². The Morgan fingerprint density at radius 2 is 2.10 bits per heavy atom. The third-order valence-electron chi connectivity index (χ3n) is 3.27. The maximum atomic E-state index is 9.40. The number of nitrogens with zero attached hydrogens (tertiary/aromatic N) is 2. The predicted octanol–water partition coefficient (Wildman–Crippen LogP) is 4.70. The van der Waals surface area contributed by atoms with Crippen molar-refractivity contribution in [1.82, 2.24) is 9.97 Å². The van der Waals surface area contributed by atoms with Crippen molar-refractivity contribution in [1.29, 1.82) is 5.26 Å². The summed E-state index contributed by atoms with van der Waals surface area (Å²) >= 11 is 3.51. The van der Waals surface area contributed by atoms with Crippen LogP contribution in [0.5, 0.6) is 0 Å². The molecule has 0 amide bonds. The molecule has 0 fully saturated rings. The van der Waals surface area contributed by atoms with Gasteiger partial charge >= 0.3 is 0 Å². The van der Waals surface area contributed by atoms with Crippen LogP contribution in [0.15, 0.2) is 46.9 Å². The lowest BCUT2D eigenvalue weighted by molar-refractivity contribution is 1.27. The second-order valence-corrected chi connectivity index (χ2v) is 5.64. The van der Waals surface area contributed by atoms with Crippen LogP contribution in [0.2, 0.25) is 0 Å². The number of H-pyrrole nitrogens is 1. The fourth-order valence-electron chi connectivity index (χ4n) is 2.10. The Kier molecular flexibility index (Phi) is 3.59. The van der Waals surface area contributed by atoms with Gasteiger partial charge in [-0.2, -0.15) is 5.26 Å². The Balaban J connectivity index is 2.06. The van der Waals surface area contributed by atoms with Crippen LogP contribution in [-0.4, -0.2) is 9.97 Å². The van der Waals surface area contributed by atoms with Crippen LogP contribution in [0.25, 0.3) is 22.7 Å². The third-order valence-corrected chi connectivity index (χ3v) is 4.13. The molecule has 4 heteroatoms. The van der Waals surface area contributed by atoms with Crippen LogP contribution >= 0.6 is 15.9 Å². The van der Waals surface area contributed by atoms with E-state index in [9.17, 15) is 5.26 Å². The second kappa shape index (κ2) is 5.55. The first-order valence-electron chi connectivity index (χ1n) is 6.50. The first-order chi connectivity index (χ1) is 10.2. The van der Waals surface area contributed by atoms with Crippen molar-refractivity contribution < 1.29 is 0 Å². The van der Waals surface area contributed by atoms with E-state index in [4.69, 9.17) is 0 Å². The summed E-state index contributed by atoms with van der Waals surface area (Å²) < 4.78 is 1.03. The van der Waals surface area contributed by atoms with Gasteiger partial charge in [0.25, 0.3) is 0 Å². The van der Waals surface area contributed by atoms with Crippen LogP contribution < -0.4 is 0 Å². The Morgan fingerprint density at radius 3 is 2.81 bits per heavy atom. The number of allylic oxidation sites excluding steroid dienone is 1. The topological polar surface area (TPSA) is 52.5 Å². The van der Waals surface area contributed by atoms with Gasteiger partial charge in [0.1, 0.15) is 11.9 Å². The molecule has 3 aromatic rings. The summed E-state index contributed by atoms with van der Waals surface area (Å²) in [7, 11) is 0. The minimum Gasteiger partial charge on any atom is -0.337 e. The average Bonchev–Trinajstić information content (AvgIpc) is 2.92. The molecule has 3 rings (SSSR count). The van der Waals surface area contributed by atoms with Crippen molar-refractivity contribution in [2.75, 3.05) is 0 Å². The largest absolute Gasteiger partial charge is 0.337 e. The van der Waals surface area contributed by atoms with Crippen LogP contribution in [0.1, 0.15) is 17.0 Å². The van der Waals surface area contributed by atoms with Gasteiger partial charge in [0.05, 0.1) is 16.6 Å². The zero-order valence-electron chi connectivity index (χ0n) is 11.4. The standard InChI is InChI=1S/C17H12BrN3/c1-11-6-7-12(9-14(11)18)8-13(10-19)17-20-15-4-2-3-5-16(15)21-17/h2-9H,1H3,(H,20,21)/b13-8-. The summed E-state index contributed by atoms with van der Waals surface area (Å²) in [5.41, 5.74) is 4.43. The van der Waals surface area contributed by atoms with Gasteiger partial charge in [0.2, 0.25) is 0 Å². The molecule has 0 unspecified atom stereocenters. The van der Waals surface area contributed by atoms with E-state index in [0.717, 1.165) is 26.6 Å². The summed E-state index contributed by atoms with van der Waals surface area (Å²) in [6.45, 7) is 2.03. The highest BCUT2D eigenvalue weighted by Gasteiger charge is 2.07. The highest BCUT2D eigenvalue weighted by atomic mass is 79.9. The fraction of sp³-hybridized carbons (Fsp3) is 0.0588. The molecule has 21 heavy (non-hydrogen) atoms. The van der Waals surface area contributed by atoms with Gasteiger partial charge in [-0.25, -0.2) is 4.98 Å². The number of fused-ring (bicyclic) bond motifs is 1. The van der Waals surface area contributed by atoms with E-state index in [0.29, 0.717) is 11.4 Å².